The maximum absolute atomic E-state index is 14.7. The lowest BCUT2D eigenvalue weighted by atomic mass is 9.55. The van der Waals surface area contributed by atoms with E-state index >= 15 is 0 Å². The predicted molar refractivity (Wildman–Crippen MR) is 254 cm³/mol. The van der Waals surface area contributed by atoms with E-state index in [1.165, 1.54) is 38.5 Å². The summed E-state index contributed by atoms with van der Waals surface area (Å²) in [4.78, 5) is 22.7. The second kappa shape index (κ2) is 24.8. The number of hydrogen-bond donors (Lipinski definition) is 2. The van der Waals surface area contributed by atoms with Gasteiger partial charge in [0.15, 0.2) is 0 Å². The zero-order chi connectivity index (χ0) is 44.4. The standard InChI is InChI=1S/C54H76N2O7/c1-5-9-10-11-12-13-14-15-16-27-51(59)56(32-6-2)50-39-48(55-61-8-4)46-37-42(25-19-21-33-57)45(26-20-22-34-58)52-47-38-44(62-43-29-28-40-23-17-18-24-41(40)36-43)30-31-49(47)63-54(50,53(46)52)60-35-7-3/h7,17-18,23-24,28-31,36-38,42,45,50,52-53,57-58H,3,5-6,8-16,19-22,25-27,32-35,39H2,1-2,4H3. The van der Waals surface area contributed by atoms with Crippen molar-refractivity contribution < 1.29 is 34.1 Å². The SMILES string of the molecule is C=CCOC12Oc3ccc(Oc4ccc5ccccc5c4)cc3C3C(CCCCO)C(CCCCO)C=C(C(=NOCC)CC1N(CCC)C(=O)CCCCCCCCCCC)C32. The number of carbonyl (C=O) groups is 1. The molecule has 6 atom stereocenters. The van der Waals surface area contributed by atoms with Crippen molar-refractivity contribution in [3.63, 3.8) is 0 Å². The Morgan fingerprint density at radius 2 is 1.54 bits per heavy atom. The van der Waals surface area contributed by atoms with E-state index in [4.69, 9.17) is 24.2 Å². The van der Waals surface area contributed by atoms with Gasteiger partial charge < -0.3 is 34.2 Å². The minimum atomic E-state index is -1.25. The molecule has 3 aromatic rings. The van der Waals surface area contributed by atoms with Crippen LogP contribution in [0.15, 0.2) is 90.1 Å². The number of fused-ring (bicyclic) bond motifs is 3. The molecular weight excluding hydrogens is 789 g/mol. The Hall–Kier alpha value is -4.18. The van der Waals surface area contributed by atoms with Crippen LogP contribution in [0, 0.1) is 17.8 Å². The number of rotatable bonds is 28. The molecule has 1 saturated carbocycles. The highest BCUT2D eigenvalue weighted by Gasteiger charge is 2.65. The molecule has 2 aliphatic carbocycles. The fourth-order valence-corrected chi connectivity index (χ4v) is 10.6. The molecule has 1 aliphatic heterocycles. The van der Waals surface area contributed by atoms with Crippen LogP contribution in [-0.2, 0) is 14.4 Å². The molecule has 3 aliphatic rings. The van der Waals surface area contributed by atoms with E-state index in [2.05, 4.69) is 61.7 Å². The van der Waals surface area contributed by atoms with E-state index in [9.17, 15) is 15.0 Å². The summed E-state index contributed by atoms with van der Waals surface area (Å²) in [5, 5.41) is 27.0. The molecule has 0 aromatic heterocycles. The molecule has 3 aromatic carbocycles. The molecule has 6 rings (SSSR count). The third-order valence-corrected chi connectivity index (χ3v) is 13.6. The molecule has 6 unspecified atom stereocenters. The average Bonchev–Trinajstić information content (AvgIpc) is 3.30. The summed E-state index contributed by atoms with van der Waals surface area (Å²) < 4.78 is 21.3. The van der Waals surface area contributed by atoms with Crippen LogP contribution in [0.3, 0.4) is 0 Å². The van der Waals surface area contributed by atoms with Crippen molar-refractivity contribution in [1.29, 1.82) is 0 Å². The number of nitrogens with zero attached hydrogens (tertiary/aromatic N) is 2. The zero-order valence-corrected chi connectivity index (χ0v) is 38.6. The topological polar surface area (TPSA) is 110 Å². The van der Waals surface area contributed by atoms with Gasteiger partial charge in [-0.25, -0.2) is 0 Å². The molecule has 9 nitrogen and oxygen atoms in total. The zero-order valence-electron chi connectivity index (χ0n) is 38.6. The van der Waals surface area contributed by atoms with Crippen molar-refractivity contribution in [1.82, 2.24) is 4.90 Å². The van der Waals surface area contributed by atoms with Gasteiger partial charge in [0, 0.05) is 44.1 Å². The van der Waals surface area contributed by atoms with Gasteiger partial charge in [0.05, 0.1) is 18.2 Å². The molecule has 0 bridgehead atoms. The predicted octanol–water partition coefficient (Wildman–Crippen LogP) is 12.4. The summed E-state index contributed by atoms with van der Waals surface area (Å²) >= 11 is 0. The van der Waals surface area contributed by atoms with Crippen LogP contribution < -0.4 is 9.47 Å². The van der Waals surface area contributed by atoms with Gasteiger partial charge in [-0.05, 0) is 104 Å². The third kappa shape index (κ3) is 11.9. The Morgan fingerprint density at radius 3 is 2.25 bits per heavy atom. The van der Waals surface area contributed by atoms with Gasteiger partial charge in [-0.1, -0.05) is 126 Å². The number of benzene rings is 3. The quantitative estimate of drug-likeness (QED) is 0.0425. The van der Waals surface area contributed by atoms with Crippen LogP contribution in [0.5, 0.6) is 17.2 Å². The molecule has 1 amide bonds. The molecule has 1 heterocycles. The Labute approximate surface area is 377 Å². The molecule has 0 spiro atoms. The van der Waals surface area contributed by atoms with Gasteiger partial charge in [-0.2, -0.15) is 0 Å². The van der Waals surface area contributed by atoms with E-state index < -0.39 is 11.8 Å². The Balaban J connectivity index is 1.44. The van der Waals surface area contributed by atoms with Crippen LogP contribution in [0.25, 0.3) is 10.8 Å². The first-order valence-electron chi connectivity index (χ1n) is 24.6. The van der Waals surface area contributed by atoms with E-state index in [-0.39, 0.29) is 49.4 Å². The van der Waals surface area contributed by atoms with Gasteiger partial charge in [-0.15, -0.1) is 6.58 Å². The number of aliphatic hydroxyl groups excluding tert-OH is 2. The number of ether oxygens (including phenoxy) is 3. The van der Waals surface area contributed by atoms with Crippen molar-refractivity contribution in [2.75, 3.05) is 33.0 Å². The summed E-state index contributed by atoms with van der Waals surface area (Å²) in [7, 11) is 0. The minimum Gasteiger partial charge on any atom is -0.459 e. The smallest absolute Gasteiger partial charge is 0.239 e. The Bertz CT molecular complexity index is 1960. The highest BCUT2D eigenvalue weighted by atomic mass is 16.7. The average molecular weight is 865 g/mol. The van der Waals surface area contributed by atoms with Crippen LogP contribution in [0.1, 0.15) is 148 Å². The highest BCUT2D eigenvalue weighted by Crippen LogP contribution is 2.62. The molecule has 0 saturated heterocycles. The number of unbranched alkanes of at least 4 members (excludes halogenated alkanes) is 10. The number of oxime groups is 1. The van der Waals surface area contributed by atoms with Gasteiger partial charge in [0.25, 0.3) is 0 Å². The molecule has 9 heteroatoms. The molecule has 63 heavy (non-hydrogen) atoms. The first-order chi connectivity index (χ1) is 30.9. The van der Waals surface area contributed by atoms with E-state index in [1.54, 1.807) is 6.08 Å². The largest absolute Gasteiger partial charge is 0.459 e. The number of amides is 1. The lowest BCUT2D eigenvalue weighted by Crippen LogP contribution is -2.70. The van der Waals surface area contributed by atoms with Crippen molar-refractivity contribution in [3.05, 3.63) is 90.5 Å². The summed E-state index contributed by atoms with van der Waals surface area (Å²) in [5.41, 5.74) is 2.93. The first-order valence-corrected chi connectivity index (χ1v) is 24.6. The number of hydrogen-bond acceptors (Lipinski definition) is 8. The second-order valence-corrected chi connectivity index (χ2v) is 18.0. The molecule has 1 fully saturated rings. The van der Waals surface area contributed by atoms with E-state index in [1.807, 2.05) is 37.3 Å². The van der Waals surface area contributed by atoms with Gasteiger partial charge in [0.1, 0.15) is 29.9 Å². The van der Waals surface area contributed by atoms with Crippen LogP contribution in [-0.4, -0.2) is 71.5 Å². The van der Waals surface area contributed by atoms with Crippen molar-refractivity contribution >= 4 is 22.4 Å². The van der Waals surface area contributed by atoms with Gasteiger partial charge in [-0.3, -0.25) is 4.79 Å². The maximum atomic E-state index is 14.7. The number of aliphatic hydroxyl groups is 2. The normalized spacial score (nSPS) is 23.1. The Morgan fingerprint density at radius 1 is 0.841 bits per heavy atom. The fraction of sp³-hybridized carbons (Fsp3) is 0.593. The molecule has 0 radical (unpaired) electrons. The van der Waals surface area contributed by atoms with E-state index in [0.717, 1.165) is 96.9 Å². The monoisotopic (exact) mass is 865 g/mol. The summed E-state index contributed by atoms with van der Waals surface area (Å²) in [6, 6.07) is 20.1. The summed E-state index contributed by atoms with van der Waals surface area (Å²) in [6.07, 6.45) is 21.5. The van der Waals surface area contributed by atoms with E-state index in [0.29, 0.717) is 38.2 Å². The van der Waals surface area contributed by atoms with Crippen LogP contribution in [0.2, 0.25) is 0 Å². The number of allylic oxidation sites excluding steroid dienone is 1. The van der Waals surface area contributed by atoms with Crippen molar-refractivity contribution in [2.45, 2.75) is 154 Å². The van der Waals surface area contributed by atoms with Crippen molar-refractivity contribution in [2.24, 2.45) is 22.9 Å². The minimum absolute atomic E-state index is 0.109. The molecule has 2 N–H and O–H groups in total. The maximum Gasteiger partial charge on any atom is 0.239 e. The fourth-order valence-electron chi connectivity index (χ4n) is 10.6. The van der Waals surface area contributed by atoms with Crippen molar-refractivity contribution in [3.8, 4) is 17.2 Å². The number of carbonyl (C=O) groups excluding carboxylic acids is 1. The molecule has 344 valence electrons. The highest BCUT2D eigenvalue weighted by molar-refractivity contribution is 6.03. The Kier molecular flexibility index (Phi) is 19.0. The van der Waals surface area contributed by atoms with Crippen LogP contribution in [0.4, 0.5) is 0 Å². The lowest BCUT2D eigenvalue weighted by Gasteiger charge is -2.60. The van der Waals surface area contributed by atoms with Crippen LogP contribution >= 0.6 is 0 Å². The second-order valence-electron chi connectivity index (χ2n) is 18.0. The van der Waals surface area contributed by atoms with Gasteiger partial charge >= 0.3 is 0 Å². The lowest BCUT2D eigenvalue weighted by molar-refractivity contribution is -0.257. The molecular formula is C54H76N2O7. The first kappa shape index (κ1) is 48.3. The summed E-state index contributed by atoms with van der Waals surface area (Å²) in [5.74, 6) is 0.912. The van der Waals surface area contributed by atoms with Gasteiger partial charge in [0.2, 0.25) is 11.7 Å². The third-order valence-electron chi connectivity index (χ3n) is 13.6. The summed E-state index contributed by atoms with van der Waals surface area (Å²) in [6.45, 7) is 11.9.